The summed E-state index contributed by atoms with van der Waals surface area (Å²) in [5.74, 6) is -0.231. The third-order valence-electron chi connectivity index (χ3n) is 3.84. The first-order chi connectivity index (χ1) is 9.03. The molecule has 2 amide bonds. The van der Waals surface area contributed by atoms with Crippen LogP contribution in [0.2, 0.25) is 0 Å². The van der Waals surface area contributed by atoms with Gasteiger partial charge in [0.05, 0.1) is 5.41 Å². The van der Waals surface area contributed by atoms with Gasteiger partial charge in [-0.25, -0.2) is 0 Å². The van der Waals surface area contributed by atoms with Gasteiger partial charge in [0.1, 0.15) is 0 Å². The fourth-order valence-electron chi connectivity index (χ4n) is 2.29. The van der Waals surface area contributed by atoms with Gasteiger partial charge in [0.15, 0.2) is 0 Å². The zero-order valence-corrected chi connectivity index (χ0v) is 11.5. The number of rotatable bonds is 6. The summed E-state index contributed by atoms with van der Waals surface area (Å²) in [7, 11) is 0. The fraction of sp³-hybridized carbons (Fsp3) is 0.750. The van der Waals surface area contributed by atoms with Crippen molar-refractivity contribution >= 4 is 28.9 Å². The van der Waals surface area contributed by atoms with Crippen LogP contribution in [0.4, 0.5) is 4.79 Å². The van der Waals surface area contributed by atoms with Crippen molar-refractivity contribution in [3.63, 3.8) is 0 Å². The summed E-state index contributed by atoms with van der Waals surface area (Å²) in [6, 6.07) is 0. The molecular weight excluding hydrogens is 268 g/mol. The van der Waals surface area contributed by atoms with Crippen LogP contribution >= 0.6 is 11.8 Å². The summed E-state index contributed by atoms with van der Waals surface area (Å²) in [6.45, 7) is 1.30. The van der Waals surface area contributed by atoms with Gasteiger partial charge in [-0.15, -0.1) is 0 Å². The highest BCUT2D eigenvalue weighted by Crippen LogP contribution is 2.40. The Kier molecular flexibility index (Phi) is 4.34. The molecule has 0 aromatic rings. The fourth-order valence-corrected chi connectivity index (χ4v) is 3.14. The standard InChI is InChI=1S/C12H18N2O4S/c15-9(2-5-14-6-7-19-11(14)18)13-8-12(10(16)17)3-1-4-12/h1-8H2,(H,13,15)(H,16,17). The van der Waals surface area contributed by atoms with E-state index in [0.717, 1.165) is 12.2 Å². The minimum Gasteiger partial charge on any atom is -0.481 e. The number of carbonyl (C=O) groups is 3. The molecule has 0 unspecified atom stereocenters. The van der Waals surface area contributed by atoms with Gasteiger partial charge in [-0.2, -0.15) is 0 Å². The van der Waals surface area contributed by atoms with Gasteiger partial charge in [0.2, 0.25) is 5.91 Å². The topological polar surface area (TPSA) is 86.7 Å². The Balaban J connectivity index is 1.70. The second-order valence-corrected chi connectivity index (χ2v) is 6.11. The monoisotopic (exact) mass is 286 g/mol. The summed E-state index contributed by atoms with van der Waals surface area (Å²) in [6.07, 6.45) is 2.40. The third kappa shape index (κ3) is 3.20. The van der Waals surface area contributed by atoms with Gasteiger partial charge >= 0.3 is 5.97 Å². The van der Waals surface area contributed by atoms with Crippen LogP contribution in [0.3, 0.4) is 0 Å². The lowest BCUT2D eigenvalue weighted by Crippen LogP contribution is -2.47. The molecule has 6 nitrogen and oxygen atoms in total. The molecule has 19 heavy (non-hydrogen) atoms. The molecule has 0 aromatic heterocycles. The molecule has 0 radical (unpaired) electrons. The van der Waals surface area contributed by atoms with Crippen molar-refractivity contribution in [3.05, 3.63) is 0 Å². The number of nitrogens with one attached hydrogen (secondary N) is 1. The molecule has 7 heteroatoms. The molecule has 0 bridgehead atoms. The lowest BCUT2D eigenvalue weighted by atomic mass is 9.69. The highest BCUT2D eigenvalue weighted by atomic mass is 32.2. The van der Waals surface area contributed by atoms with Crippen LogP contribution in [0.1, 0.15) is 25.7 Å². The quantitative estimate of drug-likeness (QED) is 0.758. The average Bonchev–Trinajstić information content (AvgIpc) is 2.70. The SMILES string of the molecule is O=C(CCN1CCSC1=O)NCC1(C(=O)O)CCC1. The Morgan fingerprint density at radius 3 is 2.63 bits per heavy atom. The van der Waals surface area contributed by atoms with Crippen LogP contribution in [0.5, 0.6) is 0 Å². The van der Waals surface area contributed by atoms with E-state index in [4.69, 9.17) is 5.11 Å². The predicted molar refractivity (Wildman–Crippen MR) is 71.0 cm³/mol. The molecule has 1 heterocycles. The van der Waals surface area contributed by atoms with E-state index in [1.807, 2.05) is 0 Å². The number of hydrogen-bond donors (Lipinski definition) is 2. The first-order valence-electron chi connectivity index (χ1n) is 6.45. The maximum Gasteiger partial charge on any atom is 0.311 e. The number of carboxylic acid groups (broad SMARTS) is 1. The molecule has 2 N–H and O–H groups in total. The molecule has 106 valence electrons. The van der Waals surface area contributed by atoms with E-state index < -0.39 is 11.4 Å². The second-order valence-electron chi connectivity index (χ2n) is 5.07. The van der Waals surface area contributed by atoms with E-state index in [9.17, 15) is 14.4 Å². The number of carboxylic acids is 1. The van der Waals surface area contributed by atoms with Gasteiger partial charge < -0.3 is 15.3 Å². The molecule has 2 fully saturated rings. The normalized spacial score (nSPS) is 21.1. The van der Waals surface area contributed by atoms with Crippen LogP contribution in [0, 0.1) is 5.41 Å². The number of carbonyl (C=O) groups excluding carboxylic acids is 2. The molecule has 1 saturated carbocycles. The van der Waals surface area contributed by atoms with Crippen LogP contribution < -0.4 is 5.32 Å². The van der Waals surface area contributed by atoms with Gasteiger partial charge in [0.25, 0.3) is 5.24 Å². The third-order valence-corrected chi connectivity index (χ3v) is 4.73. The van der Waals surface area contributed by atoms with Gasteiger partial charge in [-0.3, -0.25) is 14.4 Å². The zero-order valence-electron chi connectivity index (χ0n) is 10.7. The molecule has 1 aliphatic heterocycles. The summed E-state index contributed by atoms with van der Waals surface area (Å²) in [5, 5.41) is 11.8. The molecule has 0 aromatic carbocycles. The number of amides is 2. The lowest BCUT2D eigenvalue weighted by Gasteiger charge is -2.37. The minimum atomic E-state index is -0.829. The molecule has 2 aliphatic rings. The Hall–Kier alpha value is -1.24. The first-order valence-corrected chi connectivity index (χ1v) is 7.44. The lowest BCUT2D eigenvalue weighted by molar-refractivity contribution is -0.154. The predicted octanol–water partition coefficient (Wildman–Crippen LogP) is 0.916. The number of aliphatic carboxylic acids is 1. The highest BCUT2D eigenvalue weighted by molar-refractivity contribution is 8.13. The van der Waals surface area contributed by atoms with Crippen molar-refractivity contribution in [2.45, 2.75) is 25.7 Å². The van der Waals surface area contributed by atoms with E-state index in [2.05, 4.69) is 5.32 Å². The molecule has 1 aliphatic carbocycles. The zero-order chi connectivity index (χ0) is 13.9. The molecular formula is C12H18N2O4S. The average molecular weight is 286 g/mol. The van der Waals surface area contributed by atoms with E-state index in [0.29, 0.717) is 25.9 Å². The Morgan fingerprint density at radius 1 is 1.42 bits per heavy atom. The van der Waals surface area contributed by atoms with E-state index >= 15 is 0 Å². The van der Waals surface area contributed by atoms with Crippen LogP contribution in [0.15, 0.2) is 0 Å². The molecule has 1 saturated heterocycles. The summed E-state index contributed by atoms with van der Waals surface area (Å²) < 4.78 is 0. The number of hydrogen-bond acceptors (Lipinski definition) is 4. The van der Waals surface area contributed by atoms with Crippen molar-refractivity contribution in [1.82, 2.24) is 10.2 Å². The molecule has 0 atom stereocenters. The van der Waals surface area contributed by atoms with Crippen LogP contribution in [-0.2, 0) is 9.59 Å². The Morgan fingerprint density at radius 2 is 2.16 bits per heavy atom. The van der Waals surface area contributed by atoms with Crippen molar-refractivity contribution in [3.8, 4) is 0 Å². The number of thioether (sulfide) groups is 1. The first kappa shape index (κ1) is 14.2. The van der Waals surface area contributed by atoms with Gasteiger partial charge in [-0.05, 0) is 12.8 Å². The molecule has 2 rings (SSSR count). The largest absolute Gasteiger partial charge is 0.481 e. The summed E-state index contributed by atoms with van der Waals surface area (Å²) >= 11 is 1.27. The summed E-state index contributed by atoms with van der Waals surface area (Å²) in [5.41, 5.74) is -0.755. The summed E-state index contributed by atoms with van der Waals surface area (Å²) in [4.78, 5) is 35.8. The van der Waals surface area contributed by atoms with Crippen LogP contribution in [0.25, 0.3) is 0 Å². The Bertz CT molecular complexity index is 395. The van der Waals surface area contributed by atoms with Gasteiger partial charge in [0, 0.05) is 31.8 Å². The second kappa shape index (κ2) is 5.81. The van der Waals surface area contributed by atoms with E-state index in [-0.39, 0.29) is 24.1 Å². The number of nitrogens with zero attached hydrogens (tertiary/aromatic N) is 1. The molecule has 0 spiro atoms. The van der Waals surface area contributed by atoms with Crippen LogP contribution in [-0.4, -0.2) is 52.5 Å². The van der Waals surface area contributed by atoms with Crippen molar-refractivity contribution < 1.29 is 19.5 Å². The van der Waals surface area contributed by atoms with Gasteiger partial charge in [-0.1, -0.05) is 18.2 Å². The van der Waals surface area contributed by atoms with Crippen molar-refractivity contribution in [1.29, 1.82) is 0 Å². The van der Waals surface area contributed by atoms with Crippen molar-refractivity contribution in [2.75, 3.05) is 25.4 Å². The van der Waals surface area contributed by atoms with E-state index in [1.165, 1.54) is 11.8 Å². The highest BCUT2D eigenvalue weighted by Gasteiger charge is 2.44. The van der Waals surface area contributed by atoms with E-state index in [1.54, 1.807) is 4.90 Å². The maximum atomic E-state index is 11.7. The van der Waals surface area contributed by atoms with Crippen molar-refractivity contribution in [2.24, 2.45) is 5.41 Å². The smallest absolute Gasteiger partial charge is 0.311 e. The minimum absolute atomic E-state index is 0.0220. The maximum absolute atomic E-state index is 11.7. The Labute approximate surface area is 115 Å².